The van der Waals surface area contributed by atoms with Gasteiger partial charge in [-0.1, -0.05) is 25.1 Å². The SMILES string of the molecule is Cc1cccc(C2(F)CCN(C(=O)Cn3nc(C(=O)O)c4c3C[C@H]3[C@@H](C)[C@@H]43)CC2)c1C. The molecule has 6 nitrogen and oxygen atoms in total. The standard InChI is InChI=1S/C24H28FN3O3/c1-13-5-4-6-17(14(13)2)24(25)7-9-27(10-8-24)19(29)12-28-18-11-16-15(3)20(16)21(18)22(26-28)23(30)31/h4-6,15-16,20H,7-12H2,1-3H3,(H,30,31)/t15-,16+,20-/m1/s1. The van der Waals surface area contributed by atoms with Gasteiger partial charge >= 0.3 is 5.97 Å². The number of carboxylic acids is 1. The van der Waals surface area contributed by atoms with Gasteiger partial charge in [0.1, 0.15) is 12.2 Å². The number of halogens is 1. The first-order chi connectivity index (χ1) is 14.7. The summed E-state index contributed by atoms with van der Waals surface area (Å²) in [4.78, 5) is 26.3. The lowest BCUT2D eigenvalue weighted by Crippen LogP contribution is -2.45. The number of amides is 1. The largest absolute Gasteiger partial charge is 0.476 e. The van der Waals surface area contributed by atoms with E-state index in [-0.39, 0.29) is 36.9 Å². The molecule has 1 amide bonds. The number of aromatic nitrogens is 2. The Hall–Kier alpha value is -2.70. The van der Waals surface area contributed by atoms with Crippen LogP contribution in [0.15, 0.2) is 18.2 Å². The van der Waals surface area contributed by atoms with E-state index in [1.807, 2.05) is 32.0 Å². The molecule has 164 valence electrons. The molecule has 1 aromatic heterocycles. The van der Waals surface area contributed by atoms with Crippen LogP contribution in [0.2, 0.25) is 0 Å². The average molecular weight is 426 g/mol. The summed E-state index contributed by atoms with van der Waals surface area (Å²) in [6.07, 6.45) is 1.32. The molecule has 1 saturated heterocycles. The summed E-state index contributed by atoms with van der Waals surface area (Å²) in [5, 5.41) is 13.8. The summed E-state index contributed by atoms with van der Waals surface area (Å²) in [5.74, 6) is 0.0791. The van der Waals surface area contributed by atoms with Gasteiger partial charge in [-0.05, 0) is 54.7 Å². The van der Waals surface area contributed by atoms with Gasteiger partial charge in [-0.25, -0.2) is 9.18 Å². The number of hydrogen-bond donors (Lipinski definition) is 1. The van der Waals surface area contributed by atoms with E-state index in [4.69, 9.17) is 0 Å². The fraction of sp³-hybridized carbons (Fsp3) is 0.542. The van der Waals surface area contributed by atoms with E-state index in [1.165, 1.54) is 0 Å². The molecule has 0 spiro atoms. The van der Waals surface area contributed by atoms with E-state index in [0.717, 1.165) is 34.4 Å². The molecule has 5 rings (SSSR count). The number of aromatic carboxylic acids is 1. The summed E-state index contributed by atoms with van der Waals surface area (Å²) in [6, 6.07) is 5.73. The molecule has 2 aliphatic carbocycles. The number of rotatable bonds is 4. The lowest BCUT2D eigenvalue weighted by Gasteiger charge is -2.37. The van der Waals surface area contributed by atoms with Crippen LogP contribution >= 0.6 is 0 Å². The Bertz CT molecular complexity index is 1080. The quantitative estimate of drug-likeness (QED) is 0.812. The lowest BCUT2D eigenvalue weighted by molar-refractivity contribution is -0.134. The van der Waals surface area contributed by atoms with Crippen molar-refractivity contribution < 1.29 is 19.1 Å². The van der Waals surface area contributed by atoms with Crippen molar-refractivity contribution in [3.63, 3.8) is 0 Å². The maximum Gasteiger partial charge on any atom is 0.356 e. The molecule has 31 heavy (non-hydrogen) atoms. The second-order valence-electron chi connectivity index (χ2n) is 9.52. The van der Waals surface area contributed by atoms with Gasteiger partial charge in [0.05, 0.1) is 0 Å². The summed E-state index contributed by atoms with van der Waals surface area (Å²) in [5.41, 5.74) is 3.17. The lowest BCUT2D eigenvalue weighted by atomic mass is 9.82. The molecule has 0 radical (unpaired) electrons. The zero-order chi connectivity index (χ0) is 22.1. The van der Waals surface area contributed by atoms with Crippen LogP contribution in [-0.2, 0) is 23.4 Å². The van der Waals surface area contributed by atoms with E-state index in [9.17, 15) is 14.7 Å². The van der Waals surface area contributed by atoms with E-state index in [0.29, 0.717) is 24.9 Å². The van der Waals surface area contributed by atoms with Gasteiger partial charge in [-0.15, -0.1) is 0 Å². The number of carbonyl (C=O) groups excluding carboxylic acids is 1. The minimum Gasteiger partial charge on any atom is -0.476 e. The number of fused-ring (bicyclic) bond motifs is 3. The summed E-state index contributed by atoms with van der Waals surface area (Å²) in [7, 11) is 0. The summed E-state index contributed by atoms with van der Waals surface area (Å²) < 4.78 is 17.3. The maximum absolute atomic E-state index is 15.7. The molecule has 2 fully saturated rings. The third-order valence-electron chi connectivity index (χ3n) is 7.91. The van der Waals surface area contributed by atoms with Crippen molar-refractivity contribution >= 4 is 11.9 Å². The molecule has 1 N–H and O–H groups in total. The van der Waals surface area contributed by atoms with E-state index in [2.05, 4.69) is 12.0 Å². The van der Waals surface area contributed by atoms with E-state index in [1.54, 1.807) is 9.58 Å². The fourth-order valence-corrected chi connectivity index (χ4v) is 5.77. The van der Waals surface area contributed by atoms with Crippen LogP contribution in [0.1, 0.15) is 64.1 Å². The monoisotopic (exact) mass is 425 g/mol. The highest BCUT2D eigenvalue weighted by molar-refractivity contribution is 5.88. The van der Waals surface area contributed by atoms with Gasteiger partial charge in [0.15, 0.2) is 5.69 Å². The molecule has 3 aliphatic rings. The number of aryl methyl sites for hydroxylation is 1. The van der Waals surface area contributed by atoms with E-state index >= 15 is 4.39 Å². The molecule has 1 saturated carbocycles. The van der Waals surface area contributed by atoms with Crippen molar-refractivity contribution in [3.05, 3.63) is 51.8 Å². The Kier molecular flexibility index (Phi) is 4.50. The van der Waals surface area contributed by atoms with Gasteiger partial charge in [-0.2, -0.15) is 5.10 Å². The van der Waals surface area contributed by atoms with Crippen LogP contribution in [0.4, 0.5) is 4.39 Å². The van der Waals surface area contributed by atoms with Crippen molar-refractivity contribution in [1.82, 2.24) is 14.7 Å². The molecular formula is C24H28FN3O3. The smallest absolute Gasteiger partial charge is 0.356 e. The van der Waals surface area contributed by atoms with Crippen LogP contribution < -0.4 is 0 Å². The highest BCUT2D eigenvalue weighted by atomic mass is 19.1. The first-order valence-electron chi connectivity index (χ1n) is 11.1. The minimum atomic E-state index is -1.42. The van der Waals surface area contributed by atoms with Crippen molar-refractivity contribution in [2.24, 2.45) is 11.8 Å². The molecule has 3 atom stereocenters. The first-order valence-corrected chi connectivity index (χ1v) is 11.1. The molecule has 1 aromatic carbocycles. The van der Waals surface area contributed by atoms with Crippen LogP contribution in [0.25, 0.3) is 0 Å². The highest BCUT2D eigenvalue weighted by Gasteiger charge is 2.56. The Morgan fingerprint density at radius 2 is 1.97 bits per heavy atom. The Labute approximate surface area is 181 Å². The van der Waals surface area contributed by atoms with Gasteiger partial charge in [0.2, 0.25) is 5.91 Å². The molecule has 0 bridgehead atoms. The van der Waals surface area contributed by atoms with E-state index < -0.39 is 11.6 Å². The second kappa shape index (κ2) is 6.90. The topological polar surface area (TPSA) is 75.4 Å². The normalized spacial score (nSPS) is 25.8. The molecular weight excluding hydrogens is 397 g/mol. The number of benzene rings is 1. The number of piperidine rings is 1. The fourth-order valence-electron chi connectivity index (χ4n) is 5.77. The number of alkyl halides is 1. The second-order valence-corrected chi connectivity index (χ2v) is 9.52. The van der Waals surface area contributed by atoms with Crippen LogP contribution in [-0.4, -0.2) is 44.8 Å². The predicted octanol–water partition coefficient (Wildman–Crippen LogP) is 3.59. The molecule has 1 aliphatic heterocycles. The predicted molar refractivity (Wildman–Crippen MR) is 113 cm³/mol. The maximum atomic E-state index is 15.7. The summed E-state index contributed by atoms with van der Waals surface area (Å²) in [6.45, 7) is 6.79. The minimum absolute atomic E-state index is 0.0200. The number of likely N-dealkylation sites (tertiary alicyclic amines) is 1. The third kappa shape index (κ3) is 3.08. The van der Waals surface area contributed by atoms with Crippen LogP contribution in [0.3, 0.4) is 0 Å². The molecule has 0 unspecified atom stereocenters. The van der Waals surface area contributed by atoms with Crippen LogP contribution in [0, 0.1) is 25.7 Å². The highest BCUT2D eigenvalue weighted by Crippen LogP contribution is 2.62. The van der Waals surface area contributed by atoms with Gasteiger partial charge in [0, 0.05) is 37.2 Å². The Balaban J connectivity index is 1.30. The number of hydrogen-bond acceptors (Lipinski definition) is 3. The van der Waals surface area contributed by atoms with Gasteiger partial charge < -0.3 is 10.0 Å². The molecule has 2 aromatic rings. The van der Waals surface area contributed by atoms with Crippen molar-refractivity contribution in [2.45, 2.75) is 58.2 Å². The van der Waals surface area contributed by atoms with Gasteiger partial charge in [-0.3, -0.25) is 9.48 Å². The number of nitrogens with zero attached hydrogens (tertiary/aromatic N) is 3. The van der Waals surface area contributed by atoms with Crippen molar-refractivity contribution in [1.29, 1.82) is 0 Å². The molecule has 7 heteroatoms. The summed E-state index contributed by atoms with van der Waals surface area (Å²) >= 11 is 0. The van der Waals surface area contributed by atoms with Gasteiger partial charge in [0.25, 0.3) is 0 Å². The zero-order valence-corrected chi connectivity index (χ0v) is 18.2. The first kappa shape index (κ1) is 20.2. The van der Waals surface area contributed by atoms with Crippen molar-refractivity contribution in [3.8, 4) is 0 Å². The van der Waals surface area contributed by atoms with Crippen LogP contribution in [0.5, 0.6) is 0 Å². The number of carboxylic acid groups (broad SMARTS) is 1. The third-order valence-corrected chi connectivity index (χ3v) is 7.91. The average Bonchev–Trinajstić information content (AvgIpc) is 3.05. The molecule has 2 heterocycles. The van der Waals surface area contributed by atoms with Crippen molar-refractivity contribution in [2.75, 3.05) is 13.1 Å². The Morgan fingerprint density at radius 3 is 2.65 bits per heavy atom. The number of carbonyl (C=O) groups is 2. The Morgan fingerprint density at radius 1 is 1.26 bits per heavy atom. The zero-order valence-electron chi connectivity index (χ0n) is 18.2.